The Labute approximate surface area is 144 Å². The van der Waals surface area contributed by atoms with E-state index >= 15 is 0 Å². The number of nitrogens with one attached hydrogen (secondary N) is 1. The van der Waals surface area contributed by atoms with E-state index in [1.165, 1.54) is 17.6 Å². The van der Waals surface area contributed by atoms with Gasteiger partial charge in [-0.15, -0.1) is 11.6 Å². The average molecular weight is 335 g/mol. The topological polar surface area (TPSA) is 55.1 Å². The van der Waals surface area contributed by atoms with Crippen molar-refractivity contribution in [1.82, 2.24) is 5.32 Å². The molecule has 126 valence electrons. The van der Waals surface area contributed by atoms with Crippen LogP contribution in [0.3, 0.4) is 0 Å². The monoisotopic (exact) mass is 334 g/mol. The number of nitrogen functional groups attached to an aromatic ring is 1. The highest BCUT2D eigenvalue weighted by Crippen LogP contribution is 2.45. The normalized spacial score (nSPS) is 20.3. The van der Waals surface area contributed by atoms with Crippen molar-refractivity contribution in [2.45, 2.75) is 45.4 Å². The maximum absolute atomic E-state index is 11.2. The van der Waals surface area contributed by atoms with Crippen LogP contribution in [0.25, 0.3) is 0 Å². The van der Waals surface area contributed by atoms with E-state index in [0.29, 0.717) is 12.0 Å². The molecule has 0 aliphatic heterocycles. The van der Waals surface area contributed by atoms with Gasteiger partial charge in [-0.05, 0) is 55.6 Å². The Kier molecular flexibility index (Phi) is 6.52. The van der Waals surface area contributed by atoms with Crippen LogP contribution < -0.4 is 11.1 Å². The van der Waals surface area contributed by atoms with Crippen molar-refractivity contribution in [1.29, 1.82) is 0 Å². The van der Waals surface area contributed by atoms with Gasteiger partial charge in [-0.3, -0.25) is 4.79 Å². The van der Waals surface area contributed by atoms with E-state index in [-0.39, 0.29) is 11.8 Å². The van der Waals surface area contributed by atoms with Gasteiger partial charge in [0.1, 0.15) is 5.88 Å². The zero-order chi connectivity index (χ0) is 16.7. The smallest absolute Gasteiger partial charge is 0.234 e. The van der Waals surface area contributed by atoms with Crippen LogP contribution in [-0.4, -0.2) is 18.3 Å². The van der Waals surface area contributed by atoms with Gasteiger partial charge in [0.25, 0.3) is 0 Å². The van der Waals surface area contributed by atoms with E-state index in [1.54, 1.807) is 0 Å². The van der Waals surface area contributed by atoms with Crippen LogP contribution >= 0.6 is 11.6 Å². The summed E-state index contributed by atoms with van der Waals surface area (Å²) in [4.78, 5) is 11.2. The fourth-order valence-electron chi connectivity index (χ4n) is 3.44. The van der Waals surface area contributed by atoms with Gasteiger partial charge in [0.05, 0.1) is 0 Å². The van der Waals surface area contributed by atoms with Gasteiger partial charge in [0.2, 0.25) is 5.91 Å². The Morgan fingerprint density at radius 3 is 2.87 bits per heavy atom. The van der Waals surface area contributed by atoms with E-state index in [0.717, 1.165) is 37.8 Å². The van der Waals surface area contributed by atoms with E-state index in [4.69, 9.17) is 17.3 Å². The van der Waals surface area contributed by atoms with Crippen LogP contribution in [0.4, 0.5) is 5.69 Å². The van der Waals surface area contributed by atoms with Crippen molar-refractivity contribution in [2.75, 3.05) is 18.2 Å². The van der Waals surface area contributed by atoms with Crippen LogP contribution in [0.1, 0.15) is 44.6 Å². The van der Waals surface area contributed by atoms with Gasteiger partial charge >= 0.3 is 0 Å². The van der Waals surface area contributed by atoms with Crippen molar-refractivity contribution in [3.63, 3.8) is 0 Å². The van der Waals surface area contributed by atoms with Gasteiger partial charge in [-0.25, -0.2) is 0 Å². The minimum atomic E-state index is -0.0815. The fraction of sp³-hybridized carbons (Fsp3) is 0.526. The van der Waals surface area contributed by atoms with E-state index in [9.17, 15) is 4.79 Å². The Bertz CT molecular complexity index is 570. The van der Waals surface area contributed by atoms with Crippen LogP contribution in [0, 0.1) is 5.41 Å². The molecule has 0 radical (unpaired) electrons. The summed E-state index contributed by atoms with van der Waals surface area (Å²) in [5.41, 5.74) is 10.0. The number of anilines is 1. The molecule has 1 aliphatic rings. The number of alkyl halides is 1. The molecule has 3 nitrogen and oxygen atoms in total. The van der Waals surface area contributed by atoms with Crippen LogP contribution in [0.15, 0.2) is 35.9 Å². The van der Waals surface area contributed by atoms with Crippen molar-refractivity contribution in [3.8, 4) is 0 Å². The zero-order valence-corrected chi connectivity index (χ0v) is 14.7. The summed E-state index contributed by atoms with van der Waals surface area (Å²) in [6.07, 6.45) is 8.93. The van der Waals surface area contributed by atoms with Gasteiger partial charge < -0.3 is 11.1 Å². The first-order valence-electron chi connectivity index (χ1n) is 8.42. The van der Waals surface area contributed by atoms with Crippen molar-refractivity contribution >= 4 is 23.2 Å². The summed E-state index contributed by atoms with van der Waals surface area (Å²) in [7, 11) is 0. The third kappa shape index (κ3) is 5.00. The van der Waals surface area contributed by atoms with Gasteiger partial charge in [-0.1, -0.05) is 36.8 Å². The SMILES string of the molecule is CCC1(CCCNC(=O)CCl)CC=C(Cc2ccccc2N)C1. The molecule has 1 atom stereocenters. The number of carbonyl (C=O) groups excluding carboxylic acids is 1. The largest absolute Gasteiger partial charge is 0.398 e. The molecule has 0 saturated carbocycles. The Hall–Kier alpha value is -1.48. The lowest BCUT2D eigenvalue weighted by atomic mass is 9.77. The molecule has 1 aromatic rings. The summed E-state index contributed by atoms with van der Waals surface area (Å²) in [5.74, 6) is -0.0367. The Balaban J connectivity index is 1.84. The van der Waals surface area contributed by atoms with E-state index < -0.39 is 0 Å². The predicted molar refractivity (Wildman–Crippen MR) is 97.6 cm³/mol. The van der Waals surface area contributed by atoms with Crippen LogP contribution in [0.5, 0.6) is 0 Å². The third-order valence-corrected chi connectivity index (χ3v) is 5.22. The first-order valence-corrected chi connectivity index (χ1v) is 8.96. The third-order valence-electron chi connectivity index (χ3n) is 4.98. The number of hydrogen-bond donors (Lipinski definition) is 2. The van der Waals surface area contributed by atoms with Gasteiger partial charge in [0, 0.05) is 12.2 Å². The molecule has 0 fully saturated rings. The summed E-state index contributed by atoms with van der Waals surface area (Å²) in [6, 6.07) is 8.11. The predicted octanol–water partition coefficient (Wildman–Crippen LogP) is 4.06. The van der Waals surface area contributed by atoms with Crippen molar-refractivity contribution < 1.29 is 4.79 Å². The number of nitrogens with two attached hydrogens (primary N) is 1. The molecule has 1 amide bonds. The van der Waals surface area contributed by atoms with E-state index in [1.807, 2.05) is 18.2 Å². The molecule has 23 heavy (non-hydrogen) atoms. The quantitative estimate of drug-likeness (QED) is 0.326. The summed E-state index contributed by atoms with van der Waals surface area (Å²) < 4.78 is 0. The molecule has 1 unspecified atom stereocenters. The first kappa shape index (κ1) is 17.9. The molecule has 4 heteroatoms. The highest BCUT2D eigenvalue weighted by molar-refractivity contribution is 6.27. The second-order valence-corrected chi connectivity index (χ2v) is 6.83. The molecule has 0 spiro atoms. The fourth-order valence-corrected chi connectivity index (χ4v) is 3.53. The number of hydrogen-bond acceptors (Lipinski definition) is 2. The molecule has 0 saturated heterocycles. The molecule has 1 aliphatic carbocycles. The summed E-state index contributed by atoms with van der Waals surface area (Å²) in [6.45, 7) is 2.99. The lowest BCUT2D eigenvalue weighted by Gasteiger charge is -2.28. The highest BCUT2D eigenvalue weighted by atomic mass is 35.5. The minimum Gasteiger partial charge on any atom is -0.398 e. The maximum atomic E-state index is 11.2. The molecule has 3 N–H and O–H groups in total. The average Bonchev–Trinajstić information content (AvgIpc) is 2.97. The molecule has 2 rings (SSSR count). The highest BCUT2D eigenvalue weighted by Gasteiger charge is 2.32. The lowest BCUT2D eigenvalue weighted by Crippen LogP contribution is -2.27. The number of allylic oxidation sites excluding steroid dienone is 2. The lowest BCUT2D eigenvalue weighted by molar-refractivity contribution is -0.118. The molecular formula is C19H27ClN2O. The van der Waals surface area contributed by atoms with Crippen LogP contribution in [-0.2, 0) is 11.2 Å². The summed E-state index contributed by atoms with van der Waals surface area (Å²) >= 11 is 5.49. The molecule has 1 aromatic carbocycles. The van der Waals surface area contributed by atoms with E-state index in [2.05, 4.69) is 24.4 Å². The van der Waals surface area contributed by atoms with Crippen LogP contribution in [0.2, 0.25) is 0 Å². The van der Waals surface area contributed by atoms with Crippen molar-refractivity contribution in [3.05, 3.63) is 41.5 Å². The zero-order valence-electron chi connectivity index (χ0n) is 13.9. The van der Waals surface area contributed by atoms with Crippen molar-refractivity contribution in [2.24, 2.45) is 5.41 Å². The van der Waals surface area contributed by atoms with Gasteiger partial charge in [-0.2, -0.15) is 0 Å². The summed E-state index contributed by atoms with van der Waals surface area (Å²) in [5, 5.41) is 2.85. The number of benzene rings is 1. The molecule has 0 bridgehead atoms. The maximum Gasteiger partial charge on any atom is 0.234 e. The number of halogens is 1. The standard InChI is InChI=1S/C19H27ClN2O/c1-2-19(9-5-11-22-18(23)14-20)10-8-15(13-19)12-16-6-3-4-7-17(16)21/h3-4,6-8H,2,5,9-14,21H2,1H3,(H,22,23). The number of para-hydroxylation sites is 1. The molecule has 0 aromatic heterocycles. The molecule has 0 heterocycles. The number of rotatable bonds is 8. The first-order chi connectivity index (χ1) is 11.1. The Morgan fingerprint density at radius 1 is 1.39 bits per heavy atom. The number of carbonyl (C=O) groups is 1. The minimum absolute atomic E-state index is 0.0448. The van der Waals surface area contributed by atoms with Gasteiger partial charge in [0.15, 0.2) is 0 Å². The Morgan fingerprint density at radius 2 is 2.17 bits per heavy atom. The molecular weight excluding hydrogens is 308 g/mol. The second kappa shape index (κ2) is 8.39. The number of amides is 1. The second-order valence-electron chi connectivity index (χ2n) is 6.56.